The Morgan fingerprint density at radius 3 is 2.53 bits per heavy atom. The first-order chi connectivity index (χ1) is 9.00. The van der Waals surface area contributed by atoms with Crippen LogP contribution in [0.1, 0.15) is 38.3 Å². The van der Waals surface area contributed by atoms with E-state index in [4.69, 9.17) is 0 Å². The molecule has 106 valence electrons. The lowest BCUT2D eigenvalue weighted by Crippen LogP contribution is -2.40. The fourth-order valence-electron chi connectivity index (χ4n) is 2.84. The monoisotopic (exact) mass is 265 g/mol. The van der Waals surface area contributed by atoms with Gasteiger partial charge in [0.25, 0.3) is 5.56 Å². The van der Waals surface area contributed by atoms with Crippen LogP contribution in [0.25, 0.3) is 0 Å². The van der Waals surface area contributed by atoms with E-state index in [0.717, 1.165) is 16.2 Å². The third-order valence-corrected chi connectivity index (χ3v) is 4.34. The lowest BCUT2D eigenvalue weighted by molar-refractivity contribution is 0.375. The molecular weight excluding hydrogens is 242 g/mol. The maximum absolute atomic E-state index is 11.8. The van der Waals surface area contributed by atoms with E-state index >= 15 is 0 Å². The van der Waals surface area contributed by atoms with Gasteiger partial charge in [0.05, 0.1) is 0 Å². The number of hydrogen-bond donors (Lipinski definition) is 1. The number of hydrogen-bond acceptors (Lipinski definition) is 3. The van der Waals surface area contributed by atoms with E-state index in [2.05, 4.69) is 12.2 Å². The zero-order valence-electron chi connectivity index (χ0n) is 12.0. The predicted octanol–water partition coefficient (Wildman–Crippen LogP) is 0.752. The normalized spacial score (nSPS) is 17.8. The van der Waals surface area contributed by atoms with Gasteiger partial charge in [0.2, 0.25) is 0 Å². The molecule has 1 saturated carbocycles. The van der Waals surface area contributed by atoms with Gasteiger partial charge in [0, 0.05) is 38.4 Å². The Morgan fingerprint density at radius 2 is 1.89 bits per heavy atom. The van der Waals surface area contributed by atoms with Crippen LogP contribution in [-0.2, 0) is 20.6 Å². The Kier molecular flexibility index (Phi) is 4.24. The molecule has 1 aliphatic carbocycles. The summed E-state index contributed by atoms with van der Waals surface area (Å²) in [7, 11) is 3.21. The molecule has 19 heavy (non-hydrogen) atoms. The van der Waals surface area contributed by atoms with E-state index in [1.807, 2.05) is 0 Å². The summed E-state index contributed by atoms with van der Waals surface area (Å²) in [5.41, 5.74) is 0.240. The van der Waals surface area contributed by atoms with Gasteiger partial charge >= 0.3 is 5.69 Å². The van der Waals surface area contributed by atoms with Crippen LogP contribution in [0.5, 0.6) is 0 Å². The quantitative estimate of drug-likeness (QED) is 0.874. The lowest BCUT2D eigenvalue weighted by atomic mass is 10.00. The minimum atomic E-state index is -0.266. The van der Waals surface area contributed by atoms with Crippen molar-refractivity contribution in [2.45, 2.75) is 45.2 Å². The van der Waals surface area contributed by atoms with Gasteiger partial charge in [-0.3, -0.25) is 13.9 Å². The van der Waals surface area contributed by atoms with E-state index in [1.165, 1.54) is 43.4 Å². The molecule has 5 nitrogen and oxygen atoms in total. The second-order valence-electron chi connectivity index (χ2n) is 5.59. The zero-order chi connectivity index (χ0) is 14.0. The topological polar surface area (TPSA) is 56.0 Å². The van der Waals surface area contributed by atoms with Crippen molar-refractivity contribution in [2.24, 2.45) is 20.0 Å². The Balaban J connectivity index is 2.07. The molecule has 0 radical (unpaired) electrons. The van der Waals surface area contributed by atoms with Crippen LogP contribution in [0.3, 0.4) is 0 Å². The molecule has 1 atom stereocenters. The molecular formula is C14H23N3O2. The summed E-state index contributed by atoms with van der Waals surface area (Å²) in [5, 5.41) is 3.45. The molecule has 1 aromatic rings. The van der Waals surface area contributed by atoms with Gasteiger partial charge in [-0.1, -0.05) is 12.8 Å². The second kappa shape index (κ2) is 5.74. The van der Waals surface area contributed by atoms with E-state index in [-0.39, 0.29) is 11.2 Å². The van der Waals surface area contributed by atoms with Gasteiger partial charge in [-0.05, 0) is 25.7 Å². The summed E-state index contributed by atoms with van der Waals surface area (Å²) in [6.45, 7) is 2.76. The fraction of sp³-hybridized carbons (Fsp3) is 0.714. The predicted molar refractivity (Wildman–Crippen MR) is 75.2 cm³/mol. The second-order valence-corrected chi connectivity index (χ2v) is 5.59. The van der Waals surface area contributed by atoms with Crippen LogP contribution >= 0.6 is 0 Å². The standard InChI is InChI=1S/C14H23N3O2/c1-10(11-6-4-5-7-11)15-9-12-8-13(18)17(3)14(19)16(12)2/h8,10-11,15H,4-7,9H2,1-3H3/t10-/m0/s1. The van der Waals surface area contributed by atoms with Crippen molar-refractivity contribution < 1.29 is 0 Å². The maximum Gasteiger partial charge on any atom is 0.330 e. The van der Waals surface area contributed by atoms with Crippen LogP contribution in [0.4, 0.5) is 0 Å². The molecule has 0 spiro atoms. The number of rotatable bonds is 4. The molecule has 0 saturated heterocycles. The van der Waals surface area contributed by atoms with Gasteiger partial charge in [-0.15, -0.1) is 0 Å². The molecule has 0 aromatic carbocycles. The Morgan fingerprint density at radius 1 is 1.26 bits per heavy atom. The molecule has 0 amide bonds. The van der Waals surface area contributed by atoms with Gasteiger partial charge in [-0.2, -0.15) is 0 Å². The largest absolute Gasteiger partial charge is 0.330 e. The van der Waals surface area contributed by atoms with E-state index in [1.54, 1.807) is 7.05 Å². The van der Waals surface area contributed by atoms with Crippen molar-refractivity contribution in [3.8, 4) is 0 Å². The van der Waals surface area contributed by atoms with Gasteiger partial charge in [0.15, 0.2) is 0 Å². The summed E-state index contributed by atoms with van der Waals surface area (Å²) < 4.78 is 2.67. The van der Waals surface area contributed by atoms with Crippen molar-refractivity contribution in [1.82, 2.24) is 14.5 Å². The first kappa shape index (κ1) is 14.1. The number of aromatic nitrogens is 2. The number of nitrogens with zero attached hydrogens (tertiary/aromatic N) is 2. The summed E-state index contributed by atoms with van der Waals surface area (Å²) in [5.74, 6) is 0.726. The highest BCUT2D eigenvalue weighted by atomic mass is 16.2. The smallest absolute Gasteiger partial charge is 0.308 e. The van der Waals surface area contributed by atoms with Gasteiger partial charge in [0.1, 0.15) is 0 Å². The summed E-state index contributed by atoms with van der Waals surface area (Å²) in [6.07, 6.45) is 5.20. The third kappa shape index (κ3) is 2.97. The Hall–Kier alpha value is -1.36. The molecule has 1 heterocycles. The lowest BCUT2D eigenvalue weighted by Gasteiger charge is -2.21. The highest BCUT2D eigenvalue weighted by molar-refractivity contribution is 5.02. The summed E-state index contributed by atoms with van der Waals surface area (Å²) >= 11 is 0. The fourth-order valence-corrected chi connectivity index (χ4v) is 2.84. The highest BCUT2D eigenvalue weighted by Gasteiger charge is 2.21. The molecule has 1 N–H and O–H groups in total. The minimum Gasteiger partial charge on any atom is -0.308 e. The Labute approximate surface area is 113 Å². The maximum atomic E-state index is 11.8. The molecule has 0 unspecified atom stereocenters. The Bertz CT molecular complexity index is 553. The average Bonchev–Trinajstić information content (AvgIpc) is 2.92. The molecule has 5 heteroatoms. The van der Waals surface area contributed by atoms with Crippen LogP contribution in [-0.4, -0.2) is 15.2 Å². The average molecular weight is 265 g/mol. The van der Waals surface area contributed by atoms with Crippen molar-refractivity contribution in [2.75, 3.05) is 0 Å². The van der Waals surface area contributed by atoms with E-state index < -0.39 is 0 Å². The molecule has 0 aliphatic heterocycles. The van der Waals surface area contributed by atoms with Gasteiger partial charge < -0.3 is 5.32 Å². The van der Waals surface area contributed by atoms with Crippen molar-refractivity contribution in [3.05, 3.63) is 32.6 Å². The van der Waals surface area contributed by atoms with E-state index in [0.29, 0.717) is 12.6 Å². The van der Waals surface area contributed by atoms with E-state index in [9.17, 15) is 9.59 Å². The molecule has 1 aromatic heterocycles. The van der Waals surface area contributed by atoms with Crippen LogP contribution < -0.4 is 16.6 Å². The van der Waals surface area contributed by atoms with Crippen molar-refractivity contribution in [3.63, 3.8) is 0 Å². The van der Waals surface area contributed by atoms with Gasteiger partial charge in [-0.25, -0.2) is 4.79 Å². The first-order valence-electron chi connectivity index (χ1n) is 7.00. The SMILES string of the molecule is C[C@H](NCc1cc(=O)n(C)c(=O)n1C)C1CCCC1. The molecule has 2 rings (SSSR count). The van der Waals surface area contributed by atoms with Crippen molar-refractivity contribution >= 4 is 0 Å². The molecule has 1 fully saturated rings. The first-order valence-corrected chi connectivity index (χ1v) is 7.00. The van der Waals surface area contributed by atoms with Crippen LogP contribution in [0, 0.1) is 5.92 Å². The summed E-state index contributed by atoms with van der Waals surface area (Å²) in [4.78, 5) is 23.4. The zero-order valence-corrected chi connectivity index (χ0v) is 12.0. The van der Waals surface area contributed by atoms with Crippen LogP contribution in [0.2, 0.25) is 0 Å². The molecule has 1 aliphatic rings. The summed E-state index contributed by atoms with van der Waals surface area (Å²) in [6, 6.07) is 1.97. The molecule has 0 bridgehead atoms. The van der Waals surface area contributed by atoms with Crippen molar-refractivity contribution in [1.29, 1.82) is 0 Å². The number of nitrogens with one attached hydrogen (secondary N) is 1. The highest BCUT2D eigenvalue weighted by Crippen LogP contribution is 2.27. The third-order valence-electron chi connectivity index (χ3n) is 4.34. The van der Waals surface area contributed by atoms with Crippen LogP contribution in [0.15, 0.2) is 15.7 Å². The minimum absolute atomic E-state index is 0.242.